The first-order valence-corrected chi connectivity index (χ1v) is 6.80. The van der Waals surface area contributed by atoms with Gasteiger partial charge in [-0.2, -0.15) is 0 Å². The van der Waals surface area contributed by atoms with Gasteiger partial charge in [0.2, 0.25) is 0 Å². The summed E-state index contributed by atoms with van der Waals surface area (Å²) in [6, 6.07) is 11.2. The molecule has 1 heterocycles. The fourth-order valence-corrected chi connectivity index (χ4v) is 2.22. The van der Waals surface area contributed by atoms with Gasteiger partial charge >= 0.3 is 0 Å². The van der Waals surface area contributed by atoms with E-state index in [0.29, 0.717) is 24.4 Å². The second-order valence-electron chi connectivity index (χ2n) is 4.79. The van der Waals surface area contributed by atoms with Gasteiger partial charge in [0.05, 0.1) is 19.2 Å². The average molecular weight is 284 g/mol. The Morgan fingerprint density at radius 3 is 2.71 bits per heavy atom. The summed E-state index contributed by atoms with van der Waals surface area (Å²) in [7, 11) is 3.54. The zero-order valence-electron chi connectivity index (χ0n) is 12.5. The van der Waals surface area contributed by atoms with E-state index in [0.717, 1.165) is 5.69 Å². The highest BCUT2D eigenvalue weighted by molar-refractivity contribution is 5.97. The number of hydrogen-bond acceptors (Lipinski definition) is 2. The van der Waals surface area contributed by atoms with E-state index in [9.17, 15) is 4.79 Å². The molecule has 0 saturated heterocycles. The number of ether oxygens (including phenoxy) is 1. The summed E-state index contributed by atoms with van der Waals surface area (Å²) in [6.45, 7) is 4.76. The van der Waals surface area contributed by atoms with Crippen molar-refractivity contribution in [2.45, 2.75) is 6.54 Å². The Labute approximate surface area is 125 Å². The monoisotopic (exact) mass is 284 g/mol. The molecule has 21 heavy (non-hydrogen) atoms. The highest BCUT2D eigenvalue weighted by Gasteiger charge is 2.19. The zero-order chi connectivity index (χ0) is 15.2. The molecule has 0 atom stereocenters. The van der Waals surface area contributed by atoms with Crippen molar-refractivity contribution >= 4 is 5.91 Å². The van der Waals surface area contributed by atoms with Crippen LogP contribution < -0.4 is 4.74 Å². The van der Waals surface area contributed by atoms with Crippen molar-refractivity contribution in [1.29, 1.82) is 0 Å². The Hall–Kier alpha value is -2.49. The van der Waals surface area contributed by atoms with Crippen LogP contribution in [-0.2, 0) is 13.6 Å². The minimum atomic E-state index is -0.0615. The lowest BCUT2D eigenvalue weighted by Crippen LogP contribution is -2.31. The summed E-state index contributed by atoms with van der Waals surface area (Å²) in [5, 5.41) is 0. The number of aromatic nitrogens is 1. The molecule has 0 bridgehead atoms. The number of benzene rings is 1. The number of para-hydroxylation sites is 1. The van der Waals surface area contributed by atoms with E-state index in [4.69, 9.17) is 4.74 Å². The normalized spacial score (nSPS) is 10.2. The lowest BCUT2D eigenvalue weighted by atomic mass is 10.1. The van der Waals surface area contributed by atoms with Gasteiger partial charge in [0.1, 0.15) is 5.75 Å². The Morgan fingerprint density at radius 2 is 2.10 bits per heavy atom. The van der Waals surface area contributed by atoms with E-state index in [2.05, 4.69) is 6.58 Å². The number of carbonyl (C=O) groups excluding carboxylic acids is 1. The summed E-state index contributed by atoms with van der Waals surface area (Å²) in [5.41, 5.74) is 1.64. The highest BCUT2D eigenvalue weighted by Crippen LogP contribution is 2.20. The van der Waals surface area contributed by atoms with E-state index >= 15 is 0 Å². The van der Waals surface area contributed by atoms with Crippen LogP contribution in [0, 0.1) is 0 Å². The van der Waals surface area contributed by atoms with Crippen LogP contribution in [0.15, 0.2) is 55.3 Å². The van der Waals surface area contributed by atoms with E-state index in [1.54, 1.807) is 30.2 Å². The molecule has 0 N–H and O–H groups in total. The first-order valence-electron chi connectivity index (χ1n) is 6.80. The van der Waals surface area contributed by atoms with E-state index in [1.165, 1.54) is 0 Å². The Morgan fingerprint density at radius 1 is 1.33 bits per heavy atom. The number of rotatable bonds is 6. The van der Waals surface area contributed by atoms with E-state index < -0.39 is 0 Å². The number of aryl methyl sites for hydroxylation is 1. The Kier molecular flexibility index (Phi) is 4.82. The summed E-state index contributed by atoms with van der Waals surface area (Å²) >= 11 is 0. The number of nitrogens with zero attached hydrogens (tertiary/aromatic N) is 2. The van der Waals surface area contributed by atoms with Gasteiger partial charge in [0.25, 0.3) is 5.91 Å². The van der Waals surface area contributed by atoms with Gasteiger partial charge in [0, 0.05) is 25.5 Å². The Balaban J connectivity index is 2.27. The fraction of sp³-hybridized carbons (Fsp3) is 0.235. The van der Waals surface area contributed by atoms with Gasteiger partial charge in [-0.3, -0.25) is 4.79 Å². The largest absolute Gasteiger partial charge is 0.496 e. The van der Waals surface area contributed by atoms with Gasteiger partial charge in [-0.25, -0.2) is 0 Å². The third-order valence-corrected chi connectivity index (χ3v) is 3.38. The number of amides is 1. The van der Waals surface area contributed by atoms with Gasteiger partial charge in [-0.15, -0.1) is 6.58 Å². The van der Waals surface area contributed by atoms with Crippen LogP contribution in [-0.4, -0.2) is 29.0 Å². The van der Waals surface area contributed by atoms with Crippen LogP contribution in [0.4, 0.5) is 0 Å². The molecule has 0 aliphatic heterocycles. The minimum Gasteiger partial charge on any atom is -0.496 e. The van der Waals surface area contributed by atoms with Crippen LogP contribution >= 0.6 is 0 Å². The van der Waals surface area contributed by atoms with Crippen molar-refractivity contribution in [2.24, 2.45) is 7.05 Å². The molecule has 0 unspecified atom stereocenters. The molecular formula is C17H20N2O2. The third-order valence-electron chi connectivity index (χ3n) is 3.38. The molecule has 1 aromatic heterocycles. The van der Waals surface area contributed by atoms with Gasteiger partial charge in [0.15, 0.2) is 0 Å². The molecular weight excluding hydrogens is 264 g/mol. The molecule has 0 radical (unpaired) electrons. The molecule has 0 aliphatic carbocycles. The van der Waals surface area contributed by atoms with Crippen molar-refractivity contribution in [3.63, 3.8) is 0 Å². The van der Waals surface area contributed by atoms with Crippen molar-refractivity contribution in [1.82, 2.24) is 9.47 Å². The average Bonchev–Trinajstić information content (AvgIpc) is 2.91. The molecule has 1 aromatic carbocycles. The van der Waals surface area contributed by atoms with Crippen molar-refractivity contribution < 1.29 is 9.53 Å². The fourth-order valence-electron chi connectivity index (χ4n) is 2.22. The first kappa shape index (κ1) is 14.9. The van der Waals surface area contributed by atoms with Crippen LogP contribution in [0.2, 0.25) is 0 Å². The minimum absolute atomic E-state index is 0.0615. The van der Waals surface area contributed by atoms with Gasteiger partial charge < -0.3 is 14.2 Å². The maximum Gasteiger partial charge on any atom is 0.258 e. The maximum atomic E-state index is 12.7. The lowest BCUT2D eigenvalue weighted by molar-refractivity contribution is 0.0756. The van der Waals surface area contributed by atoms with Crippen molar-refractivity contribution in [3.05, 3.63) is 66.5 Å². The standard InChI is InChI=1S/C17H20N2O2/c1-4-11-19(13-14-8-7-12-18(14)2)17(20)15-9-5-6-10-16(15)21-3/h4-10,12H,1,11,13H2,2-3H3. The predicted molar refractivity (Wildman–Crippen MR) is 83.3 cm³/mol. The molecule has 1 amide bonds. The molecule has 4 nitrogen and oxygen atoms in total. The van der Waals surface area contributed by atoms with Crippen LogP contribution in [0.3, 0.4) is 0 Å². The molecule has 0 fully saturated rings. The maximum absolute atomic E-state index is 12.7. The summed E-state index contributed by atoms with van der Waals surface area (Å²) in [4.78, 5) is 14.5. The topological polar surface area (TPSA) is 34.5 Å². The molecule has 110 valence electrons. The quantitative estimate of drug-likeness (QED) is 0.764. The van der Waals surface area contributed by atoms with E-state index in [-0.39, 0.29) is 5.91 Å². The number of methoxy groups -OCH3 is 1. The summed E-state index contributed by atoms with van der Waals surface area (Å²) < 4.78 is 7.28. The molecule has 0 aliphatic rings. The Bertz CT molecular complexity index is 631. The summed E-state index contributed by atoms with van der Waals surface area (Å²) in [5.74, 6) is 0.525. The zero-order valence-corrected chi connectivity index (χ0v) is 12.5. The molecule has 4 heteroatoms. The summed E-state index contributed by atoms with van der Waals surface area (Å²) in [6.07, 6.45) is 3.70. The van der Waals surface area contributed by atoms with Gasteiger partial charge in [-0.05, 0) is 24.3 Å². The second kappa shape index (κ2) is 6.79. The second-order valence-corrected chi connectivity index (χ2v) is 4.79. The van der Waals surface area contributed by atoms with Crippen molar-refractivity contribution in [3.8, 4) is 5.75 Å². The SMILES string of the molecule is C=CCN(Cc1cccn1C)C(=O)c1ccccc1OC. The van der Waals surface area contributed by atoms with Crippen LogP contribution in [0.25, 0.3) is 0 Å². The first-order chi connectivity index (χ1) is 10.2. The smallest absolute Gasteiger partial charge is 0.258 e. The molecule has 0 spiro atoms. The number of carbonyl (C=O) groups is 1. The molecule has 2 rings (SSSR count). The van der Waals surface area contributed by atoms with Crippen LogP contribution in [0.1, 0.15) is 16.1 Å². The number of hydrogen-bond donors (Lipinski definition) is 0. The molecule has 0 saturated carbocycles. The predicted octanol–water partition coefficient (Wildman–Crippen LogP) is 2.86. The lowest BCUT2D eigenvalue weighted by Gasteiger charge is -2.22. The van der Waals surface area contributed by atoms with Crippen molar-refractivity contribution in [2.75, 3.05) is 13.7 Å². The molecule has 2 aromatic rings. The van der Waals surface area contributed by atoms with Crippen LogP contribution in [0.5, 0.6) is 5.75 Å². The van der Waals surface area contributed by atoms with Gasteiger partial charge in [-0.1, -0.05) is 18.2 Å². The van der Waals surface area contributed by atoms with E-state index in [1.807, 2.05) is 42.1 Å². The highest BCUT2D eigenvalue weighted by atomic mass is 16.5. The third kappa shape index (κ3) is 3.34.